The highest BCUT2D eigenvalue weighted by Gasteiger charge is 2.31. The van der Waals surface area contributed by atoms with E-state index in [9.17, 15) is 19.5 Å². The Morgan fingerprint density at radius 1 is 1.35 bits per heavy atom. The SMILES string of the molecule is C[C@H](O)[C@H](NC(=O)O)C(=O)N[C@H]1CCc2ccccc2NC1=O. The monoisotopic (exact) mass is 321 g/mol. The zero-order valence-electron chi connectivity index (χ0n) is 12.6. The van der Waals surface area contributed by atoms with Crippen LogP contribution in [0.4, 0.5) is 10.5 Å². The van der Waals surface area contributed by atoms with Crippen molar-refractivity contribution in [1.82, 2.24) is 10.6 Å². The van der Waals surface area contributed by atoms with Crippen molar-refractivity contribution in [1.29, 1.82) is 0 Å². The molecule has 124 valence electrons. The standard InChI is InChI=1S/C15H19N3O5/c1-8(19)12(18-15(22)23)14(21)17-11-7-6-9-4-2-3-5-10(9)16-13(11)20/h2-5,8,11-12,18-19H,6-7H2,1H3,(H,16,20)(H,17,21)(H,22,23)/t8-,11-,12-/m0/s1. The second kappa shape index (κ2) is 7.10. The number of fused-ring (bicyclic) bond motifs is 1. The van der Waals surface area contributed by atoms with E-state index in [1.165, 1.54) is 6.92 Å². The molecule has 8 heteroatoms. The van der Waals surface area contributed by atoms with Gasteiger partial charge in [-0.2, -0.15) is 0 Å². The third-order valence-corrected chi connectivity index (χ3v) is 3.65. The van der Waals surface area contributed by atoms with Crippen LogP contribution < -0.4 is 16.0 Å². The van der Waals surface area contributed by atoms with Gasteiger partial charge in [0, 0.05) is 5.69 Å². The van der Waals surface area contributed by atoms with Crippen molar-refractivity contribution in [2.75, 3.05) is 5.32 Å². The minimum absolute atomic E-state index is 0.372. The summed E-state index contributed by atoms with van der Waals surface area (Å²) in [5.74, 6) is -1.11. The van der Waals surface area contributed by atoms with Crippen LogP contribution in [0.25, 0.3) is 0 Å². The Morgan fingerprint density at radius 3 is 2.70 bits per heavy atom. The third-order valence-electron chi connectivity index (χ3n) is 3.65. The summed E-state index contributed by atoms with van der Waals surface area (Å²) >= 11 is 0. The minimum atomic E-state index is -1.43. The molecule has 0 bridgehead atoms. The first-order chi connectivity index (χ1) is 10.9. The van der Waals surface area contributed by atoms with Gasteiger partial charge in [0.15, 0.2) is 0 Å². The zero-order valence-corrected chi connectivity index (χ0v) is 12.6. The van der Waals surface area contributed by atoms with Crippen LogP contribution in [-0.4, -0.2) is 46.3 Å². The van der Waals surface area contributed by atoms with Crippen LogP contribution in [0.5, 0.6) is 0 Å². The predicted molar refractivity (Wildman–Crippen MR) is 82.0 cm³/mol. The molecule has 3 amide bonds. The van der Waals surface area contributed by atoms with E-state index in [4.69, 9.17) is 5.11 Å². The van der Waals surface area contributed by atoms with Crippen LogP contribution >= 0.6 is 0 Å². The number of para-hydroxylation sites is 1. The number of aliphatic hydroxyl groups excluding tert-OH is 1. The Balaban J connectivity index is 2.06. The van der Waals surface area contributed by atoms with E-state index >= 15 is 0 Å². The number of aryl methyl sites for hydroxylation is 1. The van der Waals surface area contributed by atoms with E-state index < -0.39 is 30.2 Å². The number of hydrogen-bond acceptors (Lipinski definition) is 4. The summed E-state index contributed by atoms with van der Waals surface area (Å²) in [7, 11) is 0. The summed E-state index contributed by atoms with van der Waals surface area (Å²) in [6, 6.07) is 5.20. The van der Waals surface area contributed by atoms with Gasteiger partial charge in [0.2, 0.25) is 11.8 Å². The van der Waals surface area contributed by atoms with Crippen LogP contribution in [0.3, 0.4) is 0 Å². The molecule has 3 atom stereocenters. The average Bonchev–Trinajstić information content (AvgIpc) is 2.64. The third kappa shape index (κ3) is 4.19. The van der Waals surface area contributed by atoms with Gasteiger partial charge < -0.3 is 26.2 Å². The van der Waals surface area contributed by atoms with Crippen molar-refractivity contribution in [3.63, 3.8) is 0 Å². The van der Waals surface area contributed by atoms with Gasteiger partial charge >= 0.3 is 6.09 Å². The van der Waals surface area contributed by atoms with Crippen LogP contribution in [0.15, 0.2) is 24.3 Å². The molecule has 1 aliphatic rings. The van der Waals surface area contributed by atoms with Gasteiger partial charge in [-0.05, 0) is 31.4 Å². The van der Waals surface area contributed by atoms with Crippen molar-refractivity contribution in [2.45, 2.75) is 38.0 Å². The van der Waals surface area contributed by atoms with Crippen LogP contribution in [-0.2, 0) is 16.0 Å². The molecular weight excluding hydrogens is 302 g/mol. The number of carbonyl (C=O) groups excluding carboxylic acids is 2. The number of hydrogen-bond donors (Lipinski definition) is 5. The Kier molecular flexibility index (Phi) is 5.17. The van der Waals surface area contributed by atoms with E-state index in [1.54, 1.807) is 12.1 Å². The van der Waals surface area contributed by atoms with Crippen LogP contribution in [0.1, 0.15) is 18.9 Å². The molecule has 0 unspecified atom stereocenters. The Labute approximate surface area is 132 Å². The first kappa shape index (κ1) is 16.8. The number of amides is 3. The van der Waals surface area contributed by atoms with Crippen molar-refractivity contribution >= 4 is 23.6 Å². The van der Waals surface area contributed by atoms with E-state index in [0.717, 1.165) is 5.56 Å². The molecule has 1 aromatic carbocycles. The van der Waals surface area contributed by atoms with Crippen molar-refractivity contribution in [3.8, 4) is 0 Å². The smallest absolute Gasteiger partial charge is 0.405 e. The van der Waals surface area contributed by atoms with Gasteiger partial charge in [0.1, 0.15) is 12.1 Å². The summed E-state index contributed by atoms with van der Waals surface area (Å²) in [6.45, 7) is 1.29. The quantitative estimate of drug-likeness (QED) is 0.536. The minimum Gasteiger partial charge on any atom is -0.465 e. The maximum Gasteiger partial charge on any atom is 0.405 e. The highest BCUT2D eigenvalue weighted by atomic mass is 16.4. The second-order valence-electron chi connectivity index (χ2n) is 5.41. The maximum absolute atomic E-state index is 12.2. The molecule has 0 aliphatic carbocycles. The van der Waals surface area contributed by atoms with Crippen molar-refractivity contribution in [3.05, 3.63) is 29.8 Å². The fourth-order valence-electron chi connectivity index (χ4n) is 2.45. The summed E-state index contributed by atoms with van der Waals surface area (Å²) in [5, 5.41) is 25.4. The molecule has 0 radical (unpaired) electrons. The number of aliphatic hydroxyl groups is 1. The van der Waals surface area contributed by atoms with E-state index in [2.05, 4.69) is 10.6 Å². The fourth-order valence-corrected chi connectivity index (χ4v) is 2.45. The molecule has 0 fully saturated rings. The van der Waals surface area contributed by atoms with Gasteiger partial charge in [0.25, 0.3) is 0 Å². The number of anilines is 1. The highest BCUT2D eigenvalue weighted by Crippen LogP contribution is 2.21. The first-order valence-corrected chi connectivity index (χ1v) is 7.25. The Morgan fingerprint density at radius 2 is 2.04 bits per heavy atom. The molecule has 0 aromatic heterocycles. The van der Waals surface area contributed by atoms with Crippen molar-refractivity contribution < 1.29 is 24.6 Å². The second-order valence-corrected chi connectivity index (χ2v) is 5.41. The summed E-state index contributed by atoms with van der Waals surface area (Å²) in [4.78, 5) is 35.0. The number of carboxylic acid groups (broad SMARTS) is 1. The zero-order chi connectivity index (χ0) is 17.0. The fraction of sp³-hybridized carbons (Fsp3) is 0.400. The van der Waals surface area contributed by atoms with Gasteiger partial charge in [0.05, 0.1) is 6.10 Å². The van der Waals surface area contributed by atoms with Crippen LogP contribution in [0.2, 0.25) is 0 Å². The van der Waals surface area contributed by atoms with Gasteiger partial charge in [-0.15, -0.1) is 0 Å². The molecule has 23 heavy (non-hydrogen) atoms. The van der Waals surface area contributed by atoms with Gasteiger partial charge in [-0.3, -0.25) is 9.59 Å². The lowest BCUT2D eigenvalue weighted by atomic mass is 10.1. The molecule has 2 rings (SSSR count). The predicted octanol–water partition coefficient (Wildman–Crippen LogP) is 0.0731. The summed E-state index contributed by atoms with van der Waals surface area (Å²) in [6.07, 6.45) is -1.68. The van der Waals surface area contributed by atoms with Gasteiger partial charge in [-0.25, -0.2) is 4.79 Å². The normalized spacial score (nSPS) is 19.6. The first-order valence-electron chi connectivity index (χ1n) is 7.25. The molecule has 1 aromatic rings. The molecule has 0 spiro atoms. The van der Waals surface area contributed by atoms with E-state index in [1.807, 2.05) is 17.4 Å². The summed E-state index contributed by atoms with van der Waals surface area (Å²) < 4.78 is 0. The summed E-state index contributed by atoms with van der Waals surface area (Å²) in [5.41, 5.74) is 1.67. The molecule has 5 N–H and O–H groups in total. The number of carbonyl (C=O) groups is 3. The molecule has 0 saturated carbocycles. The topological polar surface area (TPSA) is 128 Å². The molecular formula is C15H19N3O5. The average molecular weight is 321 g/mol. The highest BCUT2D eigenvalue weighted by molar-refractivity contribution is 5.99. The lowest BCUT2D eigenvalue weighted by molar-refractivity contribution is -0.129. The number of rotatable bonds is 4. The lowest BCUT2D eigenvalue weighted by Crippen LogP contribution is -2.56. The van der Waals surface area contributed by atoms with Crippen LogP contribution in [0, 0.1) is 0 Å². The Bertz CT molecular complexity index is 617. The number of nitrogens with one attached hydrogen (secondary N) is 3. The maximum atomic E-state index is 12.2. The lowest BCUT2D eigenvalue weighted by Gasteiger charge is -2.22. The van der Waals surface area contributed by atoms with Crippen molar-refractivity contribution in [2.24, 2.45) is 0 Å². The number of benzene rings is 1. The largest absolute Gasteiger partial charge is 0.465 e. The molecule has 0 saturated heterocycles. The molecule has 1 aliphatic heterocycles. The van der Waals surface area contributed by atoms with E-state index in [-0.39, 0.29) is 5.91 Å². The molecule has 8 nitrogen and oxygen atoms in total. The van der Waals surface area contributed by atoms with E-state index in [0.29, 0.717) is 18.5 Å². The molecule has 1 heterocycles. The van der Waals surface area contributed by atoms with Gasteiger partial charge in [-0.1, -0.05) is 18.2 Å². The Hall–Kier alpha value is -2.61.